The molecule has 64 valence electrons. The first kappa shape index (κ1) is 8.67. The lowest BCUT2D eigenvalue weighted by Gasteiger charge is -2.08. The third-order valence-corrected chi connectivity index (χ3v) is 1.39. The largest absolute Gasteiger partial charge is 0.280 e. The standard InChI is InChI=1S/C8H9FN2O/c1-11(10)8(12)6-3-2-4-7(9)5-6/h2-5H,10H2,1H3. The molecule has 0 saturated heterocycles. The Hall–Kier alpha value is -1.42. The van der Waals surface area contributed by atoms with Gasteiger partial charge < -0.3 is 0 Å². The lowest BCUT2D eigenvalue weighted by Crippen LogP contribution is -2.33. The second kappa shape index (κ2) is 3.32. The van der Waals surface area contributed by atoms with E-state index in [-0.39, 0.29) is 5.56 Å². The number of rotatable bonds is 1. The van der Waals surface area contributed by atoms with Crippen LogP contribution in [0.15, 0.2) is 24.3 Å². The molecule has 0 aliphatic carbocycles. The van der Waals surface area contributed by atoms with Crippen molar-refractivity contribution in [3.05, 3.63) is 35.6 Å². The van der Waals surface area contributed by atoms with Crippen molar-refractivity contribution in [3.63, 3.8) is 0 Å². The zero-order chi connectivity index (χ0) is 9.14. The lowest BCUT2D eigenvalue weighted by molar-refractivity contribution is 0.0794. The first-order valence-electron chi connectivity index (χ1n) is 3.39. The van der Waals surface area contributed by atoms with Crippen LogP contribution >= 0.6 is 0 Å². The summed E-state index contributed by atoms with van der Waals surface area (Å²) in [5.41, 5.74) is 0.250. The van der Waals surface area contributed by atoms with Gasteiger partial charge in [-0.1, -0.05) is 6.07 Å². The van der Waals surface area contributed by atoms with Crippen LogP contribution in [-0.2, 0) is 0 Å². The minimum atomic E-state index is -0.442. The quantitative estimate of drug-likeness (QED) is 0.382. The molecule has 0 aromatic heterocycles. The van der Waals surface area contributed by atoms with Gasteiger partial charge in [0.15, 0.2) is 0 Å². The summed E-state index contributed by atoms with van der Waals surface area (Å²) in [6, 6.07) is 5.39. The molecule has 4 heteroatoms. The Morgan fingerprint density at radius 2 is 2.25 bits per heavy atom. The molecule has 0 heterocycles. The van der Waals surface area contributed by atoms with Crippen molar-refractivity contribution in [3.8, 4) is 0 Å². The minimum Gasteiger partial charge on any atom is -0.280 e. The van der Waals surface area contributed by atoms with Gasteiger partial charge in [-0.2, -0.15) is 0 Å². The van der Waals surface area contributed by atoms with Crippen LogP contribution in [0, 0.1) is 5.82 Å². The van der Waals surface area contributed by atoms with E-state index in [9.17, 15) is 9.18 Å². The smallest absolute Gasteiger partial charge is 0.267 e. The highest BCUT2D eigenvalue weighted by molar-refractivity contribution is 5.93. The molecule has 0 atom stereocenters. The van der Waals surface area contributed by atoms with Crippen LogP contribution < -0.4 is 5.84 Å². The molecule has 0 aliphatic heterocycles. The van der Waals surface area contributed by atoms with Crippen LogP contribution in [-0.4, -0.2) is 18.0 Å². The van der Waals surface area contributed by atoms with E-state index in [1.807, 2.05) is 0 Å². The topological polar surface area (TPSA) is 46.3 Å². The van der Waals surface area contributed by atoms with E-state index in [2.05, 4.69) is 0 Å². The van der Waals surface area contributed by atoms with E-state index in [0.717, 1.165) is 11.1 Å². The summed E-state index contributed by atoms with van der Waals surface area (Å²) in [5, 5.41) is 0.911. The van der Waals surface area contributed by atoms with Crippen molar-refractivity contribution in [1.29, 1.82) is 0 Å². The molecule has 0 bridgehead atoms. The first-order chi connectivity index (χ1) is 5.61. The van der Waals surface area contributed by atoms with Gasteiger partial charge >= 0.3 is 0 Å². The average Bonchev–Trinajstić information content (AvgIpc) is 2.03. The van der Waals surface area contributed by atoms with Crippen LogP contribution in [0.3, 0.4) is 0 Å². The Bertz CT molecular complexity index is 299. The zero-order valence-corrected chi connectivity index (χ0v) is 6.62. The van der Waals surface area contributed by atoms with Crippen molar-refractivity contribution in [1.82, 2.24) is 5.01 Å². The Balaban J connectivity index is 2.96. The van der Waals surface area contributed by atoms with E-state index in [1.165, 1.54) is 25.2 Å². The van der Waals surface area contributed by atoms with E-state index in [0.29, 0.717) is 0 Å². The zero-order valence-electron chi connectivity index (χ0n) is 6.62. The van der Waals surface area contributed by atoms with Crippen molar-refractivity contribution >= 4 is 5.91 Å². The molecule has 1 amide bonds. The molecule has 1 aromatic rings. The first-order valence-corrected chi connectivity index (χ1v) is 3.39. The van der Waals surface area contributed by atoms with Crippen LogP contribution in [0.1, 0.15) is 10.4 Å². The monoisotopic (exact) mass is 168 g/mol. The number of nitrogens with two attached hydrogens (primary N) is 1. The maximum atomic E-state index is 12.6. The fraction of sp³-hybridized carbons (Fsp3) is 0.125. The molecule has 0 spiro atoms. The number of hydrogen-bond donors (Lipinski definition) is 1. The van der Waals surface area contributed by atoms with Crippen molar-refractivity contribution in [2.24, 2.45) is 5.84 Å². The van der Waals surface area contributed by atoms with Gasteiger partial charge in [0.25, 0.3) is 5.91 Å². The number of carbonyl (C=O) groups excluding carboxylic acids is 1. The van der Waals surface area contributed by atoms with Crippen LogP contribution in [0.2, 0.25) is 0 Å². The number of carbonyl (C=O) groups is 1. The fourth-order valence-corrected chi connectivity index (χ4v) is 0.825. The summed E-state index contributed by atoms with van der Waals surface area (Å²) in [7, 11) is 1.41. The number of halogens is 1. The molecule has 2 N–H and O–H groups in total. The summed E-state index contributed by atoms with van der Waals surface area (Å²) >= 11 is 0. The molecular weight excluding hydrogens is 159 g/mol. The Kier molecular flexibility index (Phi) is 2.40. The lowest BCUT2D eigenvalue weighted by atomic mass is 10.2. The van der Waals surface area contributed by atoms with Gasteiger partial charge in [0.05, 0.1) is 0 Å². The second-order valence-corrected chi connectivity index (χ2v) is 2.43. The molecule has 1 rings (SSSR count). The molecule has 0 saturated carbocycles. The average molecular weight is 168 g/mol. The highest BCUT2D eigenvalue weighted by Gasteiger charge is 2.07. The minimum absolute atomic E-state index is 0.250. The molecule has 0 aliphatic rings. The molecule has 0 radical (unpaired) electrons. The second-order valence-electron chi connectivity index (χ2n) is 2.43. The maximum Gasteiger partial charge on any atom is 0.267 e. The third kappa shape index (κ3) is 1.79. The summed E-state index contributed by atoms with van der Waals surface area (Å²) in [6.45, 7) is 0. The van der Waals surface area contributed by atoms with Crippen molar-refractivity contribution in [2.45, 2.75) is 0 Å². The Morgan fingerprint density at radius 1 is 1.58 bits per heavy atom. The predicted octanol–water partition coefficient (Wildman–Crippen LogP) is 0.771. The number of nitrogens with zero attached hydrogens (tertiary/aromatic N) is 1. The van der Waals surface area contributed by atoms with Crippen LogP contribution in [0.4, 0.5) is 4.39 Å². The predicted molar refractivity (Wildman–Crippen MR) is 42.7 cm³/mol. The third-order valence-electron chi connectivity index (χ3n) is 1.39. The van der Waals surface area contributed by atoms with Crippen molar-refractivity contribution < 1.29 is 9.18 Å². The van der Waals surface area contributed by atoms with Gasteiger partial charge in [-0.25, -0.2) is 10.2 Å². The Labute approximate surface area is 69.6 Å². The fourth-order valence-electron chi connectivity index (χ4n) is 0.825. The Morgan fingerprint density at radius 3 is 2.75 bits per heavy atom. The van der Waals surface area contributed by atoms with Gasteiger partial charge in [-0.15, -0.1) is 0 Å². The molecule has 1 aromatic carbocycles. The van der Waals surface area contributed by atoms with E-state index >= 15 is 0 Å². The van der Waals surface area contributed by atoms with Crippen LogP contribution in [0.25, 0.3) is 0 Å². The number of hydrazine groups is 1. The maximum absolute atomic E-state index is 12.6. The number of benzene rings is 1. The van der Waals surface area contributed by atoms with E-state index in [1.54, 1.807) is 0 Å². The van der Waals surface area contributed by atoms with Crippen molar-refractivity contribution in [2.75, 3.05) is 7.05 Å². The number of amides is 1. The van der Waals surface area contributed by atoms with Gasteiger partial charge in [0.1, 0.15) is 5.82 Å². The highest BCUT2D eigenvalue weighted by Crippen LogP contribution is 2.04. The summed E-state index contributed by atoms with van der Waals surface area (Å²) < 4.78 is 12.6. The molecular formula is C8H9FN2O. The summed E-state index contributed by atoms with van der Waals surface area (Å²) in [6.07, 6.45) is 0. The van der Waals surface area contributed by atoms with Gasteiger partial charge in [0, 0.05) is 12.6 Å². The molecule has 3 nitrogen and oxygen atoms in total. The summed E-state index contributed by atoms with van der Waals surface area (Å²) in [4.78, 5) is 11.1. The van der Waals surface area contributed by atoms with E-state index in [4.69, 9.17) is 5.84 Å². The van der Waals surface area contributed by atoms with Crippen LogP contribution in [0.5, 0.6) is 0 Å². The SMILES string of the molecule is CN(N)C(=O)c1cccc(F)c1. The normalized spacial score (nSPS) is 9.58. The van der Waals surface area contributed by atoms with Gasteiger partial charge in [0.2, 0.25) is 0 Å². The molecule has 0 unspecified atom stereocenters. The molecule has 0 fully saturated rings. The summed E-state index contributed by atoms with van der Waals surface area (Å²) in [5.74, 6) is 4.33. The molecule has 12 heavy (non-hydrogen) atoms. The van der Waals surface area contributed by atoms with Gasteiger partial charge in [-0.3, -0.25) is 9.80 Å². The van der Waals surface area contributed by atoms with E-state index < -0.39 is 11.7 Å². The number of hydrogen-bond acceptors (Lipinski definition) is 2. The van der Waals surface area contributed by atoms with Gasteiger partial charge in [-0.05, 0) is 18.2 Å². The highest BCUT2D eigenvalue weighted by atomic mass is 19.1.